The molecule has 1 nitrogen and oxygen atoms in total. The molecule has 0 aliphatic heterocycles. The average Bonchev–Trinajstić information content (AvgIpc) is 2.20. The quantitative estimate of drug-likeness (QED) is 0.829. The summed E-state index contributed by atoms with van der Waals surface area (Å²) in [4.78, 5) is 0. The number of hydrogen-bond donors (Lipinski definition) is 1. The lowest BCUT2D eigenvalue weighted by atomic mass is 9.95. The monoisotopic (exact) mass is 227 g/mol. The highest BCUT2D eigenvalue weighted by Gasteiger charge is 2.17. The van der Waals surface area contributed by atoms with Crippen LogP contribution >= 0.6 is 0 Å². The van der Waals surface area contributed by atoms with Crippen molar-refractivity contribution in [2.45, 2.75) is 33.2 Å². The van der Waals surface area contributed by atoms with Crippen molar-refractivity contribution < 1.29 is 8.78 Å². The SMILES string of the molecule is CNC(CC(C)C)c1cc(C)c(F)cc1F. The molecule has 1 aromatic rings. The van der Waals surface area contributed by atoms with E-state index in [1.165, 1.54) is 0 Å². The highest BCUT2D eigenvalue weighted by Crippen LogP contribution is 2.25. The van der Waals surface area contributed by atoms with Gasteiger partial charge in [-0.05, 0) is 37.9 Å². The number of nitrogens with one attached hydrogen (secondary N) is 1. The summed E-state index contributed by atoms with van der Waals surface area (Å²) in [6.07, 6.45) is 0.832. The molecule has 0 aromatic heterocycles. The minimum atomic E-state index is -0.486. The largest absolute Gasteiger partial charge is 0.313 e. The molecule has 1 atom stereocenters. The molecule has 1 unspecified atom stereocenters. The molecule has 0 bridgehead atoms. The first-order valence-electron chi connectivity index (χ1n) is 5.58. The summed E-state index contributed by atoms with van der Waals surface area (Å²) in [6, 6.07) is 2.50. The number of hydrogen-bond acceptors (Lipinski definition) is 1. The molecule has 0 saturated heterocycles. The minimum absolute atomic E-state index is 0.0562. The van der Waals surface area contributed by atoms with Crippen LogP contribution in [0.15, 0.2) is 12.1 Å². The van der Waals surface area contributed by atoms with Gasteiger partial charge in [-0.15, -0.1) is 0 Å². The van der Waals surface area contributed by atoms with Gasteiger partial charge in [-0.1, -0.05) is 13.8 Å². The summed E-state index contributed by atoms with van der Waals surface area (Å²) in [6.45, 7) is 5.82. The maximum Gasteiger partial charge on any atom is 0.130 e. The summed E-state index contributed by atoms with van der Waals surface area (Å²) in [5.74, 6) is -0.494. The van der Waals surface area contributed by atoms with Gasteiger partial charge in [-0.2, -0.15) is 0 Å². The fourth-order valence-corrected chi connectivity index (χ4v) is 1.82. The fourth-order valence-electron chi connectivity index (χ4n) is 1.82. The average molecular weight is 227 g/mol. The minimum Gasteiger partial charge on any atom is -0.313 e. The van der Waals surface area contributed by atoms with E-state index in [9.17, 15) is 8.78 Å². The Kier molecular flexibility index (Phi) is 4.42. The third-order valence-electron chi connectivity index (χ3n) is 2.71. The van der Waals surface area contributed by atoms with Crippen LogP contribution in [0.2, 0.25) is 0 Å². The maximum atomic E-state index is 13.6. The molecule has 1 rings (SSSR count). The highest BCUT2D eigenvalue weighted by atomic mass is 19.1. The lowest BCUT2D eigenvalue weighted by Crippen LogP contribution is -2.20. The van der Waals surface area contributed by atoms with E-state index in [1.807, 2.05) is 0 Å². The molecule has 0 saturated carbocycles. The Labute approximate surface area is 95.9 Å². The van der Waals surface area contributed by atoms with Gasteiger partial charge < -0.3 is 5.32 Å². The van der Waals surface area contributed by atoms with Crippen LogP contribution < -0.4 is 5.32 Å². The zero-order valence-electron chi connectivity index (χ0n) is 10.3. The van der Waals surface area contributed by atoms with Crippen molar-refractivity contribution >= 4 is 0 Å². The molecule has 3 heteroatoms. The summed E-state index contributed by atoms with van der Waals surface area (Å²) in [5.41, 5.74) is 1.04. The van der Waals surface area contributed by atoms with E-state index in [0.717, 1.165) is 12.5 Å². The predicted molar refractivity (Wildman–Crippen MR) is 62.4 cm³/mol. The zero-order chi connectivity index (χ0) is 12.3. The Hall–Kier alpha value is -0.960. The molecule has 1 N–H and O–H groups in total. The number of rotatable bonds is 4. The van der Waals surface area contributed by atoms with Crippen molar-refractivity contribution in [2.24, 2.45) is 5.92 Å². The number of halogens is 2. The van der Waals surface area contributed by atoms with Crippen LogP contribution in [-0.2, 0) is 0 Å². The van der Waals surface area contributed by atoms with E-state index >= 15 is 0 Å². The van der Waals surface area contributed by atoms with Crippen LogP contribution in [0.3, 0.4) is 0 Å². The highest BCUT2D eigenvalue weighted by molar-refractivity contribution is 5.28. The molecule has 0 heterocycles. The van der Waals surface area contributed by atoms with Crippen LogP contribution in [0.5, 0.6) is 0 Å². The second kappa shape index (κ2) is 5.39. The van der Waals surface area contributed by atoms with E-state index in [4.69, 9.17) is 0 Å². The van der Waals surface area contributed by atoms with Crippen LogP contribution in [0.1, 0.15) is 37.4 Å². The first-order valence-corrected chi connectivity index (χ1v) is 5.58. The van der Waals surface area contributed by atoms with E-state index in [1.54, 1.807) is 20.0 Å². The van der Waals surface area contributed by atoms with E-state index < -0.39 is 11.6 Å². The Bertz CT molecular complexity index is 361. The summed E-state index contributed by atoms with van der Waals surface area (Å²) in [5, 5.41) is 3.07. The molecular formula is C13H19F2N. The summed E-state index contributed by atoms with van der Waals surface area (Å²) < 4.78 is 26.8. The molecule has 0 amide bonds. The van der Waals surface area contributed by atoms with Crippen molar-refractivity contribution in [3.63, 3.8) is 0 Å². The van der Waals surface area contributed by atoms with Crippen molar-refractivity contribution in [3.05, 3.63) is 34.9 Å². The molecule has 0 fully saturated rings. The Morgan fingerprint density at radius 2 is 1.81 bits per heavy atom. The van der Waals surface area contributed by atoms with E-state index in [0.29, 0.717) is 17.0 Å². The molecule has 0 aliphatic rings. The zero-order valence-corrected chi connectivity index (χ0v) is 10.3. The lowest BCUT2D eigenvalue weighted by Gasteiger charge is -2.20. The van der Waals surface area contributed by atoms with Gasteiger partial charge in [0.15, 0.2) is 0 Å². The topological polar surface area (TPSA) is 12.0 Å². The smallest absolute Gasteiger partial charge is 0.130 e. The molecule has 0 radical (unpaired) electrons. The van der Waals surface area contributed by atoms with Gasteiger partial charge in [-0.25, -0.2) is 8.78 Å². The normalized spacial score (nSPS) is 13.2. The molecule has 1 aromatic carbocycles. The van der Waals surface area contributed by atoms with Crippen molar-refractivity contribution in [1.29, 1.82) is 0 Å². The van der Waals surface area contributed by atoms with Gasteiger partial charge in [0.1, 0.15) is 11.6 Å². The molecule has 90 valence electrons. The predicted octanol–water partition coefficient (Wildman–Crippen LogP) is 3.58. The molecule has 16 heavy (non-hydrogen) atoms. The van der Waals surface area contributed by atoms with Crippen LogP contribution in [-0.4, -0.2) is 7.05 Å². The third kappa shape index (κ3) is 3.01. The second-order valence-corrected chi connectivity index (χ2v) is 4.59. The van der Waals surface area contributed by atoms with Gasteiger partial charge in [-0.3, -0.25) is 0 Å². The molecular weight excluding hydrogens is 208 g/mol. The van der Waals surface area contributed by atoms with Gasteiger partial charge in [0.05, 0.1) is 0 Å². The van der Waals surface area contributed by atoms with Crippen molar-refractivity contribution in [3.8, 4) is 0 Å². The molecule has 0 spiro atoms. The Morgan fingerprint density at radius 1 is 1.19 bits per heavy atom. The number of aryl methyl sites for hydroxylation is 1. The van der Waals surface area contributed by atoms with Crippen molar-refractivity contribution in [2.75, 3.05) is 7.05 Å². The lowest BCUT2D eigenvalue weighted by molar-refractivity contribution is 0.437. The standard InChI is InChI=1S/C13H19F2N/c1-8(2)5-13(16-4)10-6-9(3)11(14)7-12(10)15/h6-8,13,16H,5H2,1-4H3. The third-order valence-corrected chi connectivity index (χ3v) is 2.71. The van der Waals surface area contributed by atoms with Gasteiger partial charge in [0.25, 0.3) is 0 Å². The molecule has 0 aliphatic carbocycles. The second-order valence-electron chi connectivity index (χ2n) is 4.59. The van der Waals surface area contributed by atoms with E-state index in [2.05, 4.69) is 19.2 Å². The van der Waals surface area contributed by atoms with Gasteiger partial charge >= 0.3 is 0 Å². The van der Waals surface area contributed by atoms with Gasteiger partial charge in [0.2, 0.25) is 0 Å². The van der Waals surface area contributed by atoms with Crippen molar-refractivity contribution in [1.82, 2.24) is 5.32 Å². The Balaban J connectivity index is 3.05. The summed E-state index contributed by atoms with van der Waals surface area (Å²) in [7, 11) is 1.80. The number of benzene rings is 1. The first-order chi connectivity index (χ1) is 7.45. The van der Waals surface area contributed by atoms with Gasteiger partial charge in [0, 0.05) is 17.7 Å². The van der Waals surface area contributed by atoms with Crippen LogP contribution in [0.4, 0.5) is 8.78 Å². The fraction of sp³-hybridized carbons (Fsp3) is 0.538. The summed E-state index contributed by atoms with van der Waals surface area (Å²) >= 11 is 0. The van der Waals surface area contributed by atoms with E-state index in [-0.39, 0.29) is 6.04 Å². The van der Waals surface area contributed by atoms with Crippen LogP contribution in [0.25, 0.3) is 0 Å². The maximum absolute atomic E-state index is 13.6. The van der Waals surface area contributed by atoms with Crippen LogP contribution in [0, 0.1) is 24.5 Å². The Morgan fingerprint density at radius 3 is 2.31 bits per heavy atom. The first kappa shape index (κ1) is 13.1.